The highest BCUT2D eigenvalue weighted by Gasteiger charge is 2.16. The second-order valence-corrected chi connectivity index (χ2v) is 5.52. The number of halogens is 2. The molecule has 1 aliphatic rings. The van der Waals surface area contributed by atoms with Crippen LogP contribution in [0.15, 0.2) is 28.9 Å². The number of carbonyl (C=O) groups is 1. The third-order valence-corrected chi connectivity index (χ3v) is 3.75. The van der Waals surface area contributed by atoms with Crippen LogP contribution in [0.3, 0.4) is 0 Å². The zero-order valence-corrected chi connectivity index (χ0v) is 14.4. The van der Waals surface area contributed by atoms with Crippen molar-refractivity contribution in [2.75, 3.05) is 19.8 Å². The number of benzene rings is 1. The molecular weight excluding hydrogens is 355 g/mol. The molecule has 3 N–H and O–H groups in total. The van der Waals surface area contributed by atoms with Gasteiger partial charge in [-0.05, 0) is 30.2 Å². The van der Waals surface area contributed by atoms with Gasteiger partial charge in [-0.25, -0.2) is 0 Å². The van der Waals surface area contributed by atoms with E-state index in [-0.39, 0.29) is 24.9 Å². The molecule has 0 radical (unpaired) electrons. The third-order valence-electron chi connectivity index (χ3n) is 3.47. The van der Waals surface area contributed by atoms with Crippen LogP contribution in [0.1, 0.15) is 21.7 Å². The molecule has 0 spiro atoms. The summed E-state index contributed by atoms with van der Waals surface area (Å²) in [6.45, 7) is 1.74. The monoisotopic (exact) mass is 372 g/mol. The normalized spacial score (nSPS) is 12.4. The summed E-state index contributed by atoms with van der Waals surface area (Å²) >= 11 is 6.19. The summed E-state index contributed by atoms with van der Waals surface area (Å²) < 4.78 is 16.2. The molecular formula is C16H18Cl2N2O4. The minimum absolute atomic E-state index is 0. The van der Waals surface area contributed by atoms with Gasteiger partial charge in [0.25, 0.3) is 5.91 Å². The molecule has 0 fully saturated rings. The minimum atomic E-state index is -0.197. The molecule has 0 aliphatic carbocycles. The highest BCUT2D eigenvalue weighted by atomic mass is 35.5. The number of hydrogen-bond donors (Lipinski definition) is 2. The summed E-state index contributed by atoms with van der Waals surface area (Å²) in [6.07, 6.45) is 2.03. The van der Waals surface area contributed by atoms with Gasteiger partial charge in [0, 0.05) is 6.54 Å². The maximum atomic E-state index is 12.0. The van der Waals surface area contributed by atoms with Crippen LogP contribution in [0.4, 0.5) is 0 Å². The van der Waals surface area contributed by atoms with Crippen LogP contribution < -0.4 is 20.5 Å². The molecule has 0 atom stereocenters. The fraction of sp³-hybridized carbons (Fsp3) is 0.312. The molecule has 2 heterocycles. The van der Waals surface area contributed by atoms with Gasteiger partial charge in [0.2, 0.25) is 0 Å². The Morgan fingerprint density at radius 2 is 2.04 bits per heavy atom. The van der Waals surface area contributed by atoms with Crippen molar-refractivity contribution in [1.29, 1.82) is 0 Å². The fourth-order valence-electron chi connectivity index (χ4n) is 2.34. The van der Waals surface area contributed by atoms with E-state index in [1.165, 1.54) is 6.26 Å². The lowest BCUT2D eigenvalue weighted by Crippen LogP contribution is -2.25. The zero-order valence-electron chi connectivity index (χ0n) is 12.8. The van der Waals surface area contributed by atoms with Crippen molar-refractivity contribution in [3.8, 4) is 11.5 Å². The highest BCUT2D eigenvalue weighted by molar-refractivity contribution is 6.32. The van der Waals surface area contributed by atoms with E-state index in [1.807, 2.05) is 12.1 Å². The summed E-state index contributed by atoms with van der Waals surface area (Å²) in [5.41, 5.74) is 6.88. The number of carbonyl (C=O) groups excluding carboxylic acids is 1. The van der Waals surface area contributed by atoms with Crippen molar-refractivity contribution in [1.82, 2.24) is 5.32 Å². The molecule has 0 saturated carbocycles. The Labute approximate surface area is 150 Å². The molecule has 6 nitrogen and oxygen atoms in total. The molecule has 130 valence electrons. The average Bonchev–Trinajstić information content (AvgIpc) is 3.04. The van der Waals surface area contributed by atoms with Crippen molar-refractivity contribution >= 4 is 29.9 Å². The Bertz CT molecular complexity index is 718. The van der Waals surface area contributed by atoms with Crippen molar-refractivity contribution in [2.45, 2.75) is 13.0 Å². The molecule has 1 amide bonds. The number of hydrogen-bond acceptors (Lipinski definition) is 5. The highest BCUT2D eigenvalue weighted by Crippen LogP contribution is 2.38. The number of nitrogens with two attached hydrogens (primary N) is 1. The average molecular weight is 373 g/mol. The molecule has 0 saturated heterocycles. The summed E-state index contributed by atoms with van der Waals surface area (Å²) in [5, 5.41) is 3.35. The lowest BCUT2D eigenvalue weighted by Gasteiger charge is -2.20. The Kier molecular flexibility index (Phi) is 6.36. The van der Waals surface area contributed by atoms with E-state index < -0.39 is 0 Å². The number of furan rings is 1. The summed E-state index contributed by atoms with van der Waals surface area (Å²) in [7, 11) is 0. The molecule has 1 aromatic carbocycles. The molecule has 3 rings (SSSR count). The summed E-state index contributed by atoms with van der Waals surface area (Å²) in [6, 6.07) is 5.35. The lowest BCUT2D eigenvalue weighted by atomic mass is 10.1. The first kappa shape index (κ1) is 18.4. The van der Waals surface area contributed by atoms with Gasteiger partial charge in [-0.1, -0.05) is 11.6 Å². The number of nitrogens with one attached hydrogen (secondary N) is 1. The van der Waals surface area contributed by atoms with Crippen LogP contribution in [0.2, 0.25) is 5.02 Å². The van der Waals surface area contributed by atoms with E-state index in [0.717, 1.165) is 5.56 Å². The number of rotatable bonds is 5. The third kappa shape index (κ3) is 4.14. The van der Waals surface area contributed by atoms with Crippen LogP contribution in [-0.4, -0.2) is 25.7 Å². The molecule has 2 aromatic rings. The van der Waals surface area contributed by atoms with Crippen molar-refractivity contribution in [2.24, 2.45) is 5.73 Å². The molecule has 1 aromatic heterocycles. The van der Waals surface area contributed by atoms with Crippen LogP contribution in [0.25, 0.3) is 0 Å². The minimum Gasteiger partial charge on any atom is -0.486 e. The van der Waals surface area contributed by atoms with Crippen LogP contribution in [0, 0.1) is 0 Å². The largest absolute Gasteiger partial charge is 0.486 e. The first-order valence-corrected chi connectivity index (χ1v) is 7.69. The van der Waals surface area contributed by atoms with Gasteiger partial charge in [0.1, 0.15) is 25.2 Å². The van der Waals surface area contributed by atoms with Crippen LogP contribution in [0.5, 0.6) is 11.5 Å². The van der Waals surface area contributed by atoms with Gasteiger partial charge in [0.05, 0.1) is 17.1 Å². The molecule has 8 heteroatoms. The second kappa shape index (κ2) is 8.28. The Morgan fingerprint density at radius 3 is 2.79 bits per heavy atom. The molecule has 1 aliphatic heterocycles. The molecule has 0 unspecified atom stereocenters. The molecule has 0 bridgehead atoms. The van der Waals surface area contributed by atoms with Crippen molar-refractivity contribution < 1.29 is 18.7 Å². The summed E-state index contributed by atoms with van der Waals surface area (Å²) in [4.78, 5) is 12.0. The van der Waals surface area contributed by atoms with E-state index in [9.17, 15) is 4.79 Å². The zero-order chi connectivity index (χ0) is 16.2. The lowest BCUT2D eigenvalue weighted by molar-refractivity contribution is 0.0953. The van der Waals surface area contributed by atoms with Crippen LogP contribution in [-0.2, 0) is 13.0 Å². The number of ether oxygens (including phenoxy) is 2. The van der Waals surface area contributed by atoms with E-state index in [1.54, 1.807) is 6.07 Å². The second-order valence-electron chi connectivity index (χ2n) is 5.11. The Hall–Kier alpha value is -1.89. The van der Waals surface area contributed by atoms with Gasteiger partial charge in [0.15, 0.2) is 11.5 Å². The van der Waals surface area contributed by atoms with Crippen molar-refractivity contribution in [3.05, 3.63) is 46.4 Å². The van der Waals surface area contributed by atoms with E-state index in [4.69, 9.17) is 31.2 Å². The van der Waals surface area contributed by atoms with E-state index in [0.29, 0.717) is 54.0 Å². The van der Waals surface area contributed by atoms with Gasteiger partial charge in [-0.2, -0.15) is 0 Å². The SMILES string of the molecule is Cl.NCc1cc(C(=O)NCCc2cc(Cl)c3c(c2)OCCO3)co1. The van der Waals surface area contributed by atoms with Gasteiger partial charge in [-0.15, -0.1) is 12.4 Å². The van der Waals surface area contributed by atoms with Gasteiger partial charge in [-0.3, -0.25) is 4.79 Å². The van der Waals surface area contributed by atoms with Gasteiger partial charge < -0.3 is 24.9 Å². The van der Waals surface area contributed by atoms with E-state index in [2.05, 4.69) is 5.32 Å². The Balaban J connectivity index is 0.00000208. The molecule has 24 heavy (non-hydrogen) atoms. The standard InChI is InChI=1S/C16H17ClN2O4.ClH/c17-13-5-10(6-14-15(13)22-4-3-21-14)1-2-19-16(20)11-7-12(8-18)23-9-11;/h5-7,9H,1-4,8,18H2,(H,19,20);1H. The quantitative estimate of drug-likeness (QED) is 0.841. The van der Waals surface area contributed by atoms with Crippen molar-refractivity contribution in [3.63, 3.8) is 0 Å². The maximum absolute atomic E-state index is 12.0. The predicted octanol–water partition coefficient (Wildman–Crippen LogP) is 2.56. The first-order chi connectivity index (χ1) is 11.2. The topological polar surface area (TPSA) is 86.7 Å². The first-order valence-electron chi connectivity index (χ1n) is 7.31. The fourth-order valence-corrected chi connectivity index (χ4v) is 2.63. The summed E-state index contributed by atoms with van der Waals surface area (Å²) in [5.74, 6) is 1.61. The Morgan fingerprint density at radius 1 is 1.25 bits per heavy atom. The predicted molar refractivity (Wildman–Crippen MR) is 92.3 cm³/mol. The van der Waals surface area contributed by atoms with Crippen LogP contribution >= 0.6 is 24.0 Å². The number of fused-ring (bicyclic) bond motifs is 1. The maximum Gasteiger partial charge on any atom is 0.254 e. The smallest absolute Gasteiger partial charge is 0.254 e. The van der Waals surface area contributed by atoms with E-state index >= 15 is 0 Å². The van der Waals surface area contributed by atoms with Gasteiger partial charge >= 0.3 is 0 Å². The number of amides is 1.